The van der Waals surface area contributed by atoms with E-state index < -0.39 is 0 Å². The minimum atomic E-state index is -0.330. The molecule has 0 bridgehead atoms. The number of hydrogen-bond donors (Lipinski definition) is 1. The Morgan fingerprint density at radius 3 is 2.67 bits per heavy atom. The lowest BCUT2D eigenvalue weighted by Gasteiger charge is -2.41. The fourth-order valence-electron chi connectivity index (χ4n) is 5.27. The highest BCUT2D eigenvalue weighted by Gasteiger charge is 2.41. The van der Waals surface area contributed by atoms with Crippen LogP contribution in [0.25, 0.3) is 5.69 Å². The minimum Gasteiger partial charge on any atom is -0.507 e. The summed E-state index contributed by atoms with van der Waals surface area (Å²) >= 11 is 3.28. The van der Waals surface area contributed by atoms with Crippen LogP contribution >= 0.6 is 15.9 Å². The van der Waals surface area contributed by atoms with Gasteiger partial charge in [-0.05, 0) is 70.2 Å². The third-order valence-corrected chi connectivity index (χ3v) is 7.86. The Morgan fingerprint density at radius 2 is 2.00 bits per heavy atom. The maximum Gasteiger partial charge on any atom is 0.254 e. The molecular weight excluding hydrogens is 520 g/mol. The lowest BCUT2D eigenvalue weighted by atomic mass is 9.91. The second-order valence-electron chi connectivity index (χ2n) is 9.77. The second kappa shape index (κ2) is 9.24. The number of aromatic hydroxyl groups is 1. The van der Waals surface area contributed by atoms with E-state index in [0.717, 1.165) is 28.2 Å². The summed E-state index contributed by atoms with van der Waals surface area (Å²) in [6.07, 6.45) is 1.95. The third kappa shape index (κ3) is 4.03. The van der Waals surface area contributed by atoms with Gasteiger partial charge in [0.1, 0.15) is 5.75 Å². The molecule has 1 N–H and O–H groups in total. The average molecular weight is 549 g/mol. The van der Waals surface area contributed by atoms with Crippen molar-refractivity contribution in [3.63, 3.8) is 0 Å². The van der Waals surface area contributed by atoms with Gasteiger partial charge in [-0.25, -0.2) is 4.68 Å². The first kappa shape index (κ1) is 24.3. The van der Waals surface area contributed by atoms with Gasteiger partial charge in [0, 0.05) is 30.6 Å². The van der Waals surface area contributed by atoms with Crippen LogP contribution in [0.2, 0.25) is 0 Å². The molecule has 0 saturated heterocycles. The van der Waals surface area contributed by atoms with Gasteiger partial charge in [-0.3, -0.25) is 9.59 Å². The summed E-state index contributed by atoms with van der Waals surface area (Å²) in [6.45, 7) is 11.3. The first-order chi connectivity index (χ1) is 17.2. The van der Waals surface area contributed by atoms with E-state index in [1.54, 1.807) is 21.9 Å². The number of rotatable bonds is 4. The smallest absolute Gasteiger partial charge is 0.254 e. The quantitative estimate of drug-likeness (QED) is 0.463. The van der Waals surface area contributed by atoms with Crippen molar-refractivity contribution in [2.45, 2.75) is 45.7 Å². The van der Waals surface area contributed by atoms with Crippen molar-refractivity contribution >= 4 is 27.7 Å². The van der Waals surface area contributed by atoms with Crippen LogP contribution in [0.5, 0.6) is 5.75 Å². The van der Waals surface area contributed by atoms with Crippen LogP contribution in [-0.2, 0) is 17.8 Å². The Labute approximate surface area is 219 Å². The molecule has 1 atom stereocenters. The fraction of sp³-hybridized carbons (Fsp3) is 0.321. The number of phenols is 1. The first-order valence-corrected chi connectivity index (χ1v) is 12.9. The van der Waals surface area contributed by atoms with Crippen molar-refractivity contribution in [3.8, 4) is 11.4 Å². The Morgan fingerprint density at radius 1 is 1.22 bits per heavy atom. The highest BCUT2D eigenvalue weighted by molar-refractivity contribution is 9.10. The summed E-state index contributed by atoms with van der Waals surface area (Å²) in [4.78, 5) is 29.7. The molecular formula is C28H29BrN4O3. The Bertz CT molecular complexity index is 1390. The maximum atomic E-state index is 13.6. The van der Waals surface area contributed by atoms with Gasteiger partial charge in [0.15, 0.2) is 0 Å². The van der Waals surface area contributed by atoms with Crippen molar-refractivity contribution < 1.29 is 14.7 Å². The van der Waals surface area contributed by atoms with Crippen LogP contribution in [0.15, 0.2) is 53.5 Å². The number of benzene rings is 2. The van der Waals surface area contributed by atoms with Gasteiger partial charge in [0.05, 0.1) is 34.1 Å². The summed E-state index contributed by atoms with van der Waals surface area (Å²) in [6, 6.07) is 11.0. The number of nitrogens with zero attached hydrogens (tertiary/aromatic N) is 4. The summed E-state index contributed by atoms with van der Waals surface area (Å²) < 4.78 is 2.54. The van der Waals surface area contributed by atoms with Crippen molar-refractivity contribution in [1.82, 2.24) is 19.6 Å². The Kier molecular flexibility index (Phi) is 6.24. The van der Waals surface area contributed by atoms with Crippen molar-refractivity contribution in [1.29, 1.82) is 0 Å². The van der Waals surface area contributed by atoms with Crippen molar-refractivity contribution in [2.24, 2.45) is 0 Å². The van der Waals surface area contributed by atoms with E-state index in [-0.39, 0.29) is 23.6 Å². The van der Waals surface area contributed by atoms with E-state index in [2.05, 4.69) is 61.5 Å². The van der Waals surface area contributed by atoms with Crippen LogP contribution in [0.1, 0.15) is 64.2 Å². The molecule has 7 nitrogen and oxygen atoms in total. The molecule has 3 heterocycles. The molecule has 36 heavy (non-hydrogen) atoms. The molecule has 0 radical (unpaired) electrons. The van der Waals surface area contributed by atoms with Gasteiger partial charge in [0.2, 0.25) is 5.91 Å². The molecule has 2 aliphatic rings. The number of aryl methyl sites for hydroxylation is 1. The average Bonchev–Trinajstić information content (AvgIpc) is 3.24. The second-order valence-corrected chi connectivity index (χ2v) is 10.6. The number of halogens is 1. The zero-order valence-corrected chi connectivity index (χ0v) is 22.2. The fourth-order valence-corrected chi connectivity index (χ4v) is 5.51. The molecule has 2 aromatic carbocycles. The molecule has 186 valence electrons. The minimum absolute atomic E-state index is 0.0134. The van der Waals surface area contributed by atoms with Crippen LogP contribution in [0.3, 0.4) is 0 Å². The number of amides is 2. The van der Waals surface area contributed by atoms with E-state index in [1.807, 2.05) is 4.68 Å². The maximum absolute atomic E-state index is 13.6. The van der Waals surface area contributed by atoms with Crippen LogP contribution in [0.4, 0.5) is 0 Å². The van der Waals surface area contributed by atoms with E-state index in [4.69, 9.17) is 5.10 Å². The van der Waals surface area contributed by atoms with E-state index in [1.165, 1.54) is 17.7 Å². The molecule has 2 aliphatic heterocycles. The van der Waals surface area contributed by atoms with Crippen LogP contribution in [0, 0.1) is 6.92 Å². The van der Waals surface area contributed by atoms with Gasteiger partial charge in [-0.15, -0.1) is 0 Å². The predicted octanol–water partition coefficient (Wildman–Crippen LogP) is 5.04. The number of carbonyl (C=O) groups is 2. The summed E-state index contributed by atoms with van der Waals surface area (Å²) in [7, 11) is 0. The number of hydrogen-bond acceptors (Lipinski definition) is 4. The molecule has 0 fully saturated rings. The Balaban J connectivity index is 1.60. The Hall–Kier alpha value is -3.39. The SMILES string of the molecule is C=CC(=O)N1Cc2nn(-c3ccc(C(C)C)cc3C)c3c2[C@H](C1)N(C(=O)c1ccc(Br)c(O)c1)CC3. The standard InChI is InChI=1S/C28H29BrN4O3/c1-5-26(35)31-14-21-27-23(33(30-21)22-9-7-18(16(2)3)12-17(22)4)10-11-32(24(27)15-31)28(36)19-6-8-20(29)25(34)13-19/h5-9,12-13,16,24,34H,1,10-11,14-15H2,2-4H3/t24-/m0/s1. The largest absolute Gasteiger partial charge is 0.507 e. The first-order valence-electron chi connectivity index (χ1n) is 12.1. The highest BCUT2D eigenvalue weighted by Crippen LogP contribution is 2.40. The van der Waals surface area contributed by atoms with E-state index in [9.17, 15) is 14.7 Å². The van der Waals surface area contributed by atoms with Gasteiger partial charge in [-0.2, -0.15) is 5.10 Å². The molecule has 5 rings (SSSR count). The number of carbonyl (C=O) groups excluding carboxylic acids is 2. The van der Waals surface area contributed by atoms with E-state index in [0.29, 0.717) is 42.0 Å². The highest BCUT2D eigenvalue weighted by atomic mass is 79.9. The zero-order valence-electron chi connectivity index (χ0n) is 20.7. The summed E-state index contributed by atoms with van der Waals surface area (Å²) in [5, 5.41) is 15.1. The van der Waals surface area contributed by atoms with Crippen molar-refractivity contribution in [2.75, 3.05) is 13.1 Å². The summed E-state index contributed by atoms with van der Waals surface area (Å²) in [5.74, 6) is 0.0767. The molecule has 3 aromatic rings. The molecule has 0 aliphatic carbocycles. The van der Waals surface area contributed by atoms with Crippen LogP contribution < -0.4 is 0 Å². The zero-order chi connectivity index (χ0) is 25.7. The molecule has 0 unspecified atom stereocenters. The lowest BCUT2D eigenvalue weighted by molar-refractivity contribution is -0.128. The van der Waals surface area contributed by atoms with Gasteiger partial charge in [0.25, 0.3) is 5.91 Å². The van der Waals surface area contributed by atoms with Gasteiger partial charge >= 0.3 is 0 Å². The van der Waals surface area contributed by atoms with Crippen molar-refractivity contribution in [3.05, 3.63) is 87.2 Å². The van der Waals surface area contributed by atoms with Crippen LogP contribution in [-0.4, -0.2) is 49.6 Å². The van der Waals surface area contributed by atoms with Gasteiger partial charge in [-0.1, -0.05) is 32.6 Å². The van der Waals surface area contributed by atoms with Gasteiger partial charge < -0.3 is 14.9 Å². The lowest BCUT2D eigenvalue weighted by Crippen LogP contribution is -2.49. The molecule has 8 heteroatoms. The number of phenolic OH excluding ortho intramolecular Hbond substituents is 1. The monoisotopic (exact) mass is 548 g/mol. The normalized spacial score (nSPS) is 16.8. The summed E-state index contributed by atoms with van der Waals surface area (Å²) in [5.41, 5.74) is 6.75. The molecule has 2 amide bonds. The molecule has 1 aromatic heterocycles. The predicted molar refractivity (Wildman–Crippen MR) is 141 cm³/mol. The molecule has 0 saturated carbocycles. The number of aromatic nitrogens is 2. The topological polar surface area (TPSA) is 78.7 Å². The van der Waals surface area contributed by atoms with E-state index >= 15 is 0 Å². The molecule has 0 spiro atoms. The third-order valence-electron chi connectivity index (χ3n) is 7.19.